The number of rotatable bonds is 7. The summed E-state index contributed by atoms with van der Waals surface area (Å²) in [6.07, 6.45) is 3.41. The van der Waals surface area contributed by atoms with E-state index in [0.29, 0.717) is 18.8 Å². The predicted octanol–water partition coefficient (Wildman–Crippen LogP) is 3.99. The zero-order valence-electron chi connectivity index (χ0n) is 15.6. The number of nitrogens with one attached hydrogen (secondary N) is 1. The fourth-order valence-corrected chi connectivity index (χ4v) is 5.03. The van der Waals surface area contributed by atoms with Crippen LogP contribution in [0.2, 0.25) is 0 Å². The summed E-state index contributed by atoms with van der Waals surface area (Å²) in [5.41, 5.74) is 1.48. The summed E-state index contributed by atoms with van der Waals surface area (Å²) in [6, 6.07) is 16.2. The van der Waals surface area contributed by atoms with Crippen LogP contribution in [0.3, 0.4) is 0 Å². The molecule has 1 amide bonds. The van der Waals surface area contributed by atoms with E-state index < -0.39 is 10.0 Å². The zero-order chi connectivity index (χ0) is 19.3. The van der Waals surface area contributed by atoms with Crippen LogP contribution in [0.15, 0.2) is 59.5 Å². The fourth-order valence-electron chi connectivity index (χ4n) is 3.46. The molecule has 1 heterocycles. The highest BCUT2D eigenvalue weighted by atomic mass is 32.2. The van der Waals surface area contributed by atoms with E-state index in [9.17, 15) is 13.2 Å². The smallest absolute Gasteiger partial charge is 0.243 e. The standard InChI is InChI=1S/C21H26N2O3S/c1-2-9-20(17-10-4-3-5-11-17)21(24)22-18-12-8-13-19(16-18)27(25,26)23-14-6-7-15-23/h3-5,8,10-13,16,20H,2,6-7,9,14-15H2,1H3,(H,22,24)/t20-/m0/s1. The van der Waals surface area contributed by atoms with Gasteiger partial charge in [0.05, 0.1) is 10.8 Å². The normalized spacial score (nSPS) is 16.2. The van der Waals surface area contributed by atoms with Crippen molar-refractivity contribution < 1.29 is 13.2 Å². The monoisotopic (exact) mass is 386 g/mol. The zero-order valence-corrected chi connectivity index (χ0v) is 16.4. The highest BCUT2D eigenvalue weighted by Gasteiger charge is 2.27. The molecule has 1 saturated heterocycles. The lowest BCUT2D eigenvalue weighted by Gasteiger charge is -2.18. The van der Waals surface area contributed by atoms with Crippen LogP contribution < -0.4 is 5.32 Å². The number of carbonyl (C=O) groups excluding carboxylic acids is 1. The SMILES string of the molecule is CCC[C@H](C(=O)Nc1cccc(S(=O)(=O)N2CCCC2)c1)c1ccccc1. The lowest BCUT2D eigenvalue weighted by atomic mass is 9.93. The molecule has 144 valence electrons. The van der Waals surface area contributed by atoms with Crippen molar-refractivity contribution in [3.8, 4) is 0 Å². The van der Waals surface area contributed by atoms with Gasteiger partial charge in [-0.2, -0.15) is 4.31 Å². The minimum Gasteiger partial charge on any atom is -0.326 e. The number of nitrogens with zero attached hydrogens (tertiary/aromatic N) is 1. The Morgan fingerprint density at radius 1 is 1.07 bits per heavy atom. The molecule has 1 aliphatic heterocycles. The predicted molar refractivity (Wildman–Crippen MR) is 107 cm³/mol. The molecule has 0 unspecified atom stereocenters. The molecule has 0 aliphatic carbocycles. The highest BCUT2D eigenvalue weighted by Crippen LogP contribution is 2.26. The van der Waals surface area contributed by atoms with Gasteiger partial charge in [-0.15, -0.1) is 0 Å². The topological polar surface area (TPSA) is 66.5 Å². The molecule has 1 N–H and O–H groups in total. The van der Waals surface area contributed by atoms with Gasteiger partial charge >= 0.3 is 0 Å². The van der Waals surface area contributed by atoms with E-state index in [-0.39, 0.29) is 16.7 Å². The minimum absolute atomic E-state index is 0.112. The number of benzene rings is 2. The largest absolute Gasteiger partial charge is 0.326 e. The maximum atomic E-state index is 12.8. The van der Waals surface area contributed by atoms with Crippen LogP contribution >= 0.6 is 0 Å². The summed E-state index contributed by atoms with van der Waals surface area (Å²) in [4.78, 5) is 13.1. The van der Waals surface area contributed by atoms with Gasteiger partial charge in [-0.05, 0) is 43.0 Å². The average Bonchev–Trinajstić information content (AvgIpc) is 3.22. The van der Waals surface area contributed by atoms with Crippen molar-refractivity contribution in [3.05, 3.63) is 60.2 Å². The van der Waals surface area contributed by atoms with E-state index in [4.69, 9.17) is 0 Å². The summed E-state index contributed by atoms with van der Waals surface area (Å²) in [5, 5.41) is 2.91. The Balaban J connectivity index is 1.80. The van der Waals surface area contributed by atoms with Gasteiger partial charge in [-0.1, -0.05) is 49.7 Å². The number of amides is 1. The Kier molecular flexibility index (Phi) is 6.29. The second-order valence-corrected chi connectivity index (χ2v) is 8.82. The molecule has 1 fully saturated rings. The molecule has 27 heavy (non-hydrogen) atoms. The molecule has 2 aromatic carbocycles. The van der Waals surface area contributed by atoms with Crippen molar-refractivity contribution in [2.45, 2.75) is 43.4 Å². The van der Waals surface area contributed by atoms with Crippen molar-refractivity contribution >= 4 is 21.6 Å². The summed E-state index contributed by atoms with van der Waals surface area (Å²) >= 11 is 0. The van der Waals surface area contributed by atoms with E-state index in [2.05, 4.69) is 5.32 Å². The quantitative estimate of drug-likeness (QED) is 0.782. The first-order valence-electron chi connectivity index (χ1n) is 9.48. The number of anilines is 1. The van der Waals surface area contributed by atoms with E-state index in [1.54, 1.807) is 24.3 Å². The molecule has 0 aromatic heterocycles. The Morgan fingerprint density at radius 3 is 2.44 bits per heavy atom. The van der Waals surface area contributed by atoms with E-state index >= 15 is 0 Å². The van der Waals surface area contributed by atoms with Crippen LogP contribution in [-0.4, -0.2) is 31.7 Å². The molecule has 2 aromatic rings. The number of hydrogen-bond donors (Lipinski definition) is 1. The molecular formula is C21H26N2O3S. The lowest BCUT2D eigenvalue weighted by Crippen LogP contribution is -2.28. The van der Waals surface area contributed by atoms with Gasteiger partial charge in [0.25, 0.3) is 0 Å². The second kappa shape index (κ2) is 8.67. The third-order valence-electron chi connectivity index (χ3n) is 4.90. The Hall–Kier alpha value is -2.18. The van der Waals surface area contributed by atoms with Crippen molar-refractivity contribution in [2.75, 3.05) is 18.4 Å². The minimum atomic E-state index is -3.50. The third kappa shape index (κ3) is 4.57. The van der Waals surface area contributed by atoms with E-state index in [1.807, 2.05) is 37.3 Å². The molecule has 0 bridgehead atoms. The average molecular weight is 387 g/mol. The van der Waals surface area contributed by atoms with Crippen LogP contribution in [0.5, 0.6) is 0 Å². The molecule has 0 radical (unpaired) electrons. The van der Waals surface area contributed by atoms with Crippen LogP contribution in [0, 0.1) is 0 Å². The highest BCUT2D eigenvalue weighted by molar-refractivity contribution is 7.89. The first-order valence-corrected chi connectivity index (χ1v) is 10.9. The molecule has 5 nitrogen and oxygen atoms in total. The van der Waals surface area contributed by atoms with Gasteiger partial charge < -0.3 is 5.32 Å². The summed E-state index contributed by atoms with van der Waals surface area (Å²) in [5.74, 6) is -0.367. The third-order valence-corrected chi connectivity index (χ3v) is 6.79. The van der Waals surface area contributed by atoms with Gasteiger partial charge in [-0.3, -0.25) is 4.79 Å². The van der Waals surface area contributed by atoms with Crippen molar-refractivity contribution in [1.29, 1.82) is 0 Å². The molecule has 1 aliphatic rings. The van der Waals surface area contributed by atoms with Crippen LogP contribution in [0.25, 0.3) is 0 Å². The van der Waals surface area contributed by atoms with Gasteiger partial charge in [0.2, 0.25) is 15.9 Å². The van der Waals surface area contributed by atoms with Crippen molar-refractivity contribution in [2.24, 2.45) is 0 Å². The molecule has 0 spiro atoms. The van der Waals surface area contributed by atoms with Crippen LogP contribution in [0.4, 0.5) is 5.69 Å². The Labute approximate surface area is 161 Å². The number of hydrogen-bond acceptors (Lipinski definition) is 3. The van der Waals surface area contributed by atoms with E-state index in [0.717, 1.165) is 31.2 Å². The summed E-state index contributed by atoms with van der Waals surface area (Å²) in [6.45, 7) is 3.17. The van der Waals surface area contributed by atoms with Gasteiger partial charge in [-0.25, -0.2) is 8.42 Å². The molecule has 1 atom stereocenters. The van der Waals surface area contributed by atoms with Gasteiger partial charge in [0.1, 0.15) is 0 Å². The van der Waals surface area contributed by atoms with Gasteiger partial charge in [0, 0.05) is 18.8 Å². The first kappa shape index (κ1) is 19.6. The van der Waals surface area contributed by atoms with Crippen molar-refractivity contribution in [3.63, 3.8) is 0 Å². The maximum absolute atomic E-state index is 12.8. The lowest BCUT2D eigenvalue weighted by molar-refractivity contribution is -0.117. The van der Waals surface area contributed by atoms with Crippen molar-refractivity contribution in [1.82, 2.24) is 4.31 Å². The van der Waals surface area contributed by atoms with Crippen LogP contribution in [0.1, 0.15) is 44.1 Å². The second-order valence-electron chi connectivity index (χ2n) is 6.88. The first-order chi connectivity index (χ1) is 13.0. The summed E-state index contributed by atoms with van der Waals surface area (Å²) in [7, 11) is -3.50. The molecule has 6 heteroatoms. The fraction of sp³-hybridized carbons (Fsp3) is 0.381. The van der Waals surface area contributed by atoms with Gasteiger partial charge in [0.15, 0.2) is 0 Å². The van der Waals surface area contributed by atoms with Crippen LogP contribution in [-0.2, 0) is 14.8 Å². The summed E-state index contributed by atoms with van der Waals surface area (Å²) < 4.78 is 27.0. The Morgan fingerprint density at radius 2 is 1.78 bits per heavy atom. The molecular weight excluding hydrogens is 360 g/mol. The molecule has 3 rings (SSSR count). The Bertz CT molecular complexity index is 875. The maximum Gasteiger partial charge on any atom is 0.243 e. The number of carbonyl (C=O) groups is 1. The van der Waals surface area contributed by atoms with E-state index in [1.165, 1.54) is 4.31 Å². The molecule has 0 saturated carbocycles. The number of sulfonamides is 1.